The molecular weight excluding hydrogens is 371 g/mol. The van der Waals surface area contributed by atoms with Gasteiger partial charge in [0, 0.05) is 13.1 Å². The number of rotatable bonds is 3. The molecule has 1 aliphatic rings. The topological polar surface area (TPSA) is 116 Å². The number of pyridine rings is 1. The minimum absolute atomic E-state index is 0.0360. The number of anilines is 1. The van der Waals surface area contributed by atoms with E-state index in [2.05, 4.69) is 10.3 Å². The zero-order valence-corrected chi connectivity index (χ0v) is 14.1. The Balaban J connectivity index is 2.16. The van der Waals surface area contributed by atoms with E-state index in [4.69, 9.17) is 45.3 Å². The number of nitrogens with two attached hydrogens (primary N) is 1. The van der Waals surface area contributed by atoms with Gasteiger partial charge in [-0.2, -0.15) is 4.98 Å². The molecule has 1 aromatic rings. The van der Waals surface area contributed by atoms with Crippen LogP contribution in [0, 0.1) is 0 Å². The van der Waals surface area contributed by atoms with Crippen LogP contribution in [0.2, 0.25) is 15.2 Å². The van der Waals surface area contributed by atoms with Gasteiger partial charge in [0.2, 0.25) is 0 Å². The normalized spacial score (nSPS) is 15.3. The third-order valence-corrected chi connectivity index (χ3v) is 4.24. The number of amides is 3. The van der Waals surface area contributed by atoms with Crippen LogP contribution in [0.3, 0.4) is 0 Å². The number of hydrogen-bond donors (Lipinski definition) is 2. The predicted molar refractivity (Wildman–Crippen MR) is 82.4 cm³/mol. The van der Waals surface area contributed by atoms with E-state index in [9.17, 15) is 14.4 Å². The second-order valence-electron chi connectivity index (χ2n) is 4.62. The minimum atomic E-state index is -1.20. The van der Waals surface area contributed by atoms with Crippen molar-refractivity contribution >= 4 is 58.4 Å². The van der Waals surface area contributed by atoms with E-state index in [0.717, 1.165) is 4.90 Å². The number of H-pyrrole nitrogens is 1. The maximum absolute atomic E-state index is 12.1. The second-order valence-corrected chi connectivity index (χ2v) is 5.76. The van der Waals surface area contributed by atoms with E-state index in [-0.39, 0.29) is 33.1 Å². The summed E-state index contributed by atoms with van der Waals surface area (Å²) in [7, 11) is 0. The number of aromatic nitrogens is 1. The van der Waals surface area contributed by atoms with Crippen LogP contribution in [0.25, 0.3) is 0 Å². The first kappa shape index (κ1) is 17.6. The second kappa shape index (κ2) is 6.77. The first-order valence-corrected chi connectivity index (χ1v) is 7.52. The fraction of sp³-hybridized carbons (Fsp3) is 0.333. The molecule has 0 aromatic carbocycles. The van der Waals surface area contributed by atoms with Gasteiger partial charge in [-0.05, 0) is 18.5 Å². The molecule has 1 atom stereocenters. The number of nitrogens with one attached hydrogen (secondary N) is 2. The number of halogens is 3. The zero-order valence-electron chi connectivity index (χ0n) is 11.8. The van der Waals surface area contributed by atoms with Crippen molar-refractivity contribution < 1.29 is 24.1 Å². The molecule has 0 saturated carbocycles. The highest BCUT2D eigenvalue weighted by Gasteiger charge is 2.34. The molecule has 11 heteroatoms. The summed E-state index contributed by atoms with van der Waals surface area (Å²) in [5.74, 6) is -1.61. The maximum atomic E-state index is 12.1. The van der Waals surface area contributed by atoms with Crippen molar-refractivity contribution in [3.8, 4) is 0 Å². The first-order valence-electron chi connectivity index (χ1n) is 6.39. The molecule has 2 heterocycles. The molecule has 4 N–H and O–H groups in total. The molecular formula is C12H12Cl3N4O4+. The fourth-order valence-electron chi connectivity index (χ4n) is 1.88. The number of carbonyl (C=O) groups excluding carboxylic acids is 3. The van der Waals surface area contributed by atoms with Gasteiger partial charge in [-0.3, -0.25) is 9.69 Å². The van der Waals surface area contributed by atoms with Crippen LogP contribution < -0.4 is 16.0 Å². The summed E-state index contributed by atoms with van der Waals surface area (Å²) in [5, 5.41) is 2.16. The standard InChI is InChI=1S/C12H11Cl3N4O4/c1-4(10(20)19-3-2-17-12(19)22)23-11(21)8-5(13)7(16)6(14)9(15)18-8/h4H,2-3H2,1H3,(H2,16,18)(H,17,22)/p+1/t4-/m0/s1. The molecule has 0 spiro atoms. The van der Waals surface area contributed by atoms with E-state index in [1.54, 1.807) is 0 Å². The van der Waals surface area contributed by atoms with Crippen molar-refractivity contribution in [1.29, 1.82) is 0 Å². The molecule has 0 radical (unpaired) electrons. The van der Waals surface area contributed by atoms with Gasteiger partial charge in [-0.15, -0.1) is 0 Å². The van der Waals surface area contributed by atoms with E-state index in [1.807, 2.05) is 0 Å². The van der Waals surface area contributed by atoms with E-state index >= 15 is 0 Å². The van der Waals surface area contributed by atoms with Crippen molar-refractivity contribution in [3.05, 3.63) is 20.9 Å². The number of carbonyl (C=O) groups is 3. The number of nitrogens with zero attached hydrogens (tertiary/aromatic N) is 1. The summed E-state index contributed by atoms with van der Waals surface area (Å²) in [6.45, 7) is 1.88. The Hall–Kier alpha value is -1.77. The molecule has 0 aliphatic carbocycles. The van der Waals surface area contributed by atoms with Crippen molar-refractivity contribution in [3.63, 3.8) is 0 Å². The Kier molecular flexibility index (Phi) is 5.18. The highest BCUT2D eigenvalue weighted by atomic mass is 35.5. The highest BCUT2D eigenvalue weighted by Crippen LogP contribution is 2.32. The predicted octanol–water partition coefficient (Wildman–Crippen LogP) is 1.14. The molecule has 2 rings (SSSR count). The number of aromatic amines is 1. The minimum Gasteiger partial charge on any atom is -0.445 e. The number of esters is 1. The molecule has 1 saturated heterocycles. The summed E-state index contributed by atoms with van der Waals surface area (Å²) in [6, 6.07) is -0.540. The third-order valence-electron chi connectivity index (χ3n) is 3.08. The van der Waals surface area contributed by atoms with Crippen LogP contribution in [0.5, 0.6) is 0 Å². The quantitative estimate of drug-likeness (QED) is 0.601. The van der Waals surface area contributed by atoms with Crippen LogP contribution >= 0.6 is 34.8 Å². The number of urea groups is 1. The van der Waals surface area contributed by atoms with Crippen LogP contribution in [0.1, 0.15) is 17.4 Å². The zero-order chi connectivity index (χ0) is 17.3. The third kappa shape index (κ3) is 3.44. The van der Waals surface area contributed by atoms with Crippen molar-refractivity contribution in [2.24, 2.45) is 0 Å². The van der Waals surface area contributed by atoms with Crippen LogP contribution in [0.15, 0.2) is 0 Å². The van der Waals surface area contributed by atoms with Crippen LogP contribution in [-0.2, 0) is 9.53 Å². The number of imide groups is 1. The van der Waals surface area contributed by atoms with Crippen molar-refractivity contribution in [1.82, 2.24) is 10.2 Å². The molecule has 3 amide bonds. The van der Waals surface area contributed by atoms with Crippen LogP contribution in [-0.4, -0.2) is 42.0 Å². The van der Waals surface area contributed by atoms with Crippen molar-refractivity contribution in [2.45, 2.75) is 13.0 Å². The number of nitrogen functional groups attached to an aromatic ring is 1. The molecule has 0 unspecified atom stereocenters. The lowest BCUT2D eigenvalue weighted by atomic mass is 10.3. The monoisotopic (exact) mass is 381 g/mol. The van der Waals surface area contributed by atoms with E-state index in [1.165, 1.54) is 6.92 Å². The number of ether oxygens (including phenoxy) is 1. The van der Waals surface area contributed by atoms with Gasteiger partial charge in [0.05, 0.1) is 5.69 Å². The fourth-order valence-corrected chi connectivity index (χ4v) is 2.49. The van der Waals surface area contributed by atoms with Gasteiger partial charge in [0.15, 0.2) is 6.10 Å². The molecule has 23 heavy (non-hydrogen) atoms. The smallest absolute Gasteiger partial charge is 0.406 e. The highest BCUT2D eigenvalue weighted by molar-refractivity contribution is 6.45. The van der Waals surface area contributed by atoms with Crippen molar-refractivity contribution in [2.75, 3.05) is 18.8 Å². The van der Waals surface area contributed by atoms with Gasteiger partial charge >= 0.3 is 17.7 Å². The SMILES string of the molecule is C[C@H](OC(=O)c1[nH+]c(Cl)c(Cl)c(N)c1Cl)C(=O)N1CCNC1=O. The molecule has 8 nitrogen and oxygen atoms in total. The molecule has 1 fully saturated rings. The maximum Gasteiger partial charge on any atom is 0.406 e. The van der Waals surface area contributed by atoms with E-state index < -0.39 is 24.0 Å². The average molecular weight is 383 g/mol. The average Bonchev–Trinajstić information content (AvgIpc) is 2.93. The summed E-state index contributed by atoms with van der Waals surface area (Å²) in [6.07, 6.45) is -1.20. The largest absolute Gasteiger partial charge is 0.445 e. The molecule has 1 aliphatic heterocycles. The summed E-state index contributed by atoms with van der Waals surface area (Å²) < 4.78 is 5.01. The van der Waals surface area contributed by atoms with Crippen LogP contribution in [0.4, 0.5) is 10.5 Å². The summed E-state index contributed by atoms with van der Waals surface area (Å²) in [5.41, 5.74) is 5.28. The molecule has 1 aromatic heterocycles. The Morgan fingerprint density at radius 3 is 2.57 bits per heavy atom. The summed E-state index contributed by atoms with van der Waals surface area (Å²) in [4.78, 5) is 39.0. The van der Waals surface area contributed by atoms with Gasteiger partial charge in [-0.1, -0.05) is 23.2 Å². The molecule has 124 valence electrons. The van der Waals surface area contributed by atoms with Gasteiger partial charge in [-0.25, -0.2) is 9.59 Å². The lowest BCUT2D eigenvalue weighted by molar-refractivity contribution is -0.380. The Morgan fingerprint density at radius 2 is 2.00 bits per heavy atom. The number of hydrogen-bond acceptors (Lipinski definition) is 5. The lowest BCUT2D eigenvalue weighted by Gasteiger charge is -2.17. The first-order chi connectivity index (χ1) is 10.7. The van der Waals surface area contributed by atoms with Gasteiger partial charge in [0.25, 0.3) is 11.1 Å². The lowest BCUT2D eigenvalue weighted by Crippen LogP contribution is -2.42. The Bertz CT molecular complexity index is 697. The van der Waals surface area contributed by atoms with Gasteiger partial charge < -0.3 is 15.8 Å². The van der Waals surface area contributed by atoms with Gasteiger partial charge in [0.1, 0.15) is 10.0 Å². The molecule has 0 bridgehead atoms. The Labute approximate surface area is 145 Å². The van der Waals surface area contributed by atoms with E-state index in [0.29, 0.717) is 6.54 Å². The Morgan fingerprint density at radius 1 is 1.35 bits per heavy atom. The summed E-state index contributed by atoms with van der Waals surface area (Å²) >= 11 is 17.5.